The van der Waals surface area contributed by atoms with Crippen LogP contribution in [0.5, 0.6) is 17.2 Å². The minimum absolute atomic E-state index is 0.108. The second-order valence-corrected chi connectivity index (χ2v) is 6.94. The largest absolute Gasteiger partial charge is 0.496 e. The van der Waals surface area contributed by atoms with Crippen molar-refractivity contribution in [2.75, 3.05) is 14.2 Å². The van der Waals surface area contributed by atoms with E-state index in [4.69, 9.17) is 9.47 Å². The maximum atomic E-state index is 12.6. The molecule has 0 bridgehead atoms. The van der Waals surface area contributed by atoms with Gasteiger partial charge in [-0.1, -0.05) is 0 Å². The molecule has 0 aliphatic rings. The van der Waals surface area contributed by atoms with Crippen LogP contribution in [0, 0.1) is 6.92 Å². The standard InChI is InChI=1S/C17H17F2N3O4S/c1-9-7-20-10(4-13(9)24-2)8-27(23)17-21-11-5-14(25-3)15(26-16(18)19)6-12(11)22-17/h4-7,16H,8H2,1-3H3,(H,21,22). The number of nitrogens with one attached hydrogen (secondary N) is 1. The van der Waals surface area contributed by atoms with Crippen molar-refractivity contribution in [2.24, 2.45) is 0 Å². The van der Waals surface area contributed by atoms with E-state index in [9.17, 15) is 13.0 Å². The van der Waals surface area contributed by atoms with Crippen LogP contribution in [0.25, 0.3) is 11.0 Å². The fourth-order valence-electron chi connectivity index (χ4n) is 2.50. The van der Waals surface area contributed by atoms with Gasteiger partial charge in [0.25, 0.3) is 0 Å². The Balaban J connectivity index is 1.89. The number of aromatic amines is 1. The Hall–Kier alpha value is -2.75. The molecule has 1 atom stereocenters. The van der Waals surface area contributed by atoms with Crippen LogP contribution < -0.4 is 14.2 Å². The Bertz CT molecular complexity index is 994. The smallest absolute Gasteiger partial charge is 0.387 e. The Morgan fingerprint density at radius 2 is 1.89 bits per heavy atom. The monoisotopic (exact) mass is 397 g/mol. The fourth-order valence-corrected chi connectivity index (χ4v) is 3.48. The number of halogens is 2. The molecule has 0 saturated carbocycles. The van der Waals surface area contributed by atoms with E-state index in [0.29, 0.717) is 22.5 Å². The summed E-state index contributed by atoms with van der Waals surface area (Å²) in [4.78, 5) is 11.4. The Morgan fingerprint density at radius 3 is 2.56 bits per heavy atom. The van der Waals surface area contributed by atoms with E-state index >= 15 is 0 Å². The number of alkyl halides is 2. The predicted molar refractivity (Wildman–Crippen MR) is 94.9 cm³/mol. The number of rotatable bonds is 7. The van der Waals surface area contributed by atoms with E-state index < -0.39 is 17.4 Å². The highest BCUT2D eigenvalue weighted by Crippen LogP contribution is 2.33. The van der Waals surface area contributed by atoms with Gasteiger partial charge < -0.3 is 19.2 Å². The van der Waals surface area contributed by atoms with Gasteiger partial charge in [0.2, 0.25) is 0 Å². The van der Waals surface area contributed by atoms with E-state index in [2.05, 4.69) is 19.7 Å². The predicted octanol–water partition coefficient (Wildman–Crippen LogP) is 3.19. The van der Waals surface area contributed by atoms with E-state index in [1.54, 1.807) is 19.4 Å². The average Bonchev–Trinajstić information content (AvgIpc) is 3.05. The molecule has 2 aromatic heterocycles. The van der Waals surface area contributed by atoms with Crippen molar-refractivity contribution in [2.45, 2.75) is 24.4 Å². The number of pyridine rings is 1. The van der Waals surface area contributed by atoms with Crippen LogP contribution >= 0.6 is 0 Å². The van der Waals surface area contributed by atoms with Gasteiger partial charge in [0.15, 0.2) is 16.7 Å². The van der Waals surface area contributed by atoms with Crippen LogP contribution in [-0.2, 0) is 16.6 Å². The summed E-state index contributed by atoms with van der Waals surface area (Å²) >= 11 is 0. The van der Waals surface area contributed by atoms with E-state index in [-0.39, 0.29) is 22.4 Å². The molecule has 0 spiro atoms. The molecule has 1 unspecified atom stereocenters. The summed E-state index contributed by atoms with van der Waals surface area (Å²) in [5, 5.41) is 0.197. The third-order valence-corrected chi connectivity index (χ3v) is 4.97. The topological polar surface area (TPSA) is 86.3 Å². The molecular formula is C17H17F2N3O4S. The van der Waals surface area contributed by atoms with Crippen LogP contribution in [0.15, 0.2) is 29.6 Å². The molecule has 0 amide bonds. The fraction of sp³-hybridized carbons (Fsp3) is 0.294. The van der Waals surface area contributed by atoms with Gasteiger partial charge in [0, 0.05) is 30.0 Å². The summed E-state index contributed by atoms with van der Waals surface area (Å²) in [6, 6.07) is 4.49. The van der Waals surface area contributed by atoms with Crippen molar-refractivity contribution in [3.8, 4) is 17.2 Å². The molecule has 2 heterocycles. The highest BCUT2D eigenvalue weighted by atomic mass is 32.2. The van der Waals surface area contributed by atoms with Gasteiger partial charge in [0.1, 0.15) is 5.75 Å². The van der Waals surface area contributed by atoms with Crippen LogP contribution in [0.3, 0.4) is 0 Å². The summed E-state index contributed by atoms with van der Waals surface area (Å²) in [6.45, 7) is -1.13. The number of fused-ring (bicyclic) bond motifs is 1. The van der Waals surface area contributed by atoms with Crippen molar-refractivity contribution >= 4 is 21.8 Å². The van der Waals surface area contributed by atoms with Gasteiger partial charge in [-0.2, -0.15) is 8.78 Å². The molecule has 0 radical (unpaired) electrons. The maximum Gasteiger partial charge on any atom is 0.387 e. The molecular weight excluding hydrogens is 380 g/mol. The normalized spacial score (nSPS) is 12.4. The Morgan fingerprint density at radius 1 is 1.15 bits per heavy atom. The highest BCUT2D eigenvalue weighted by Gasteiger charge is 2.17. The second kappa shape index (κ2) is 7.87. The summed E-state index contributed by atoms with van der Waals surface area (Å²) in [7, 11) is 1.36. The third kappa shape index (κ3) is 4.16. The molecule has 10 heteroatoms. The molecule has 1 aromatic carbocycles. The number of methoxy groups -OCH3 is 2. The molecule has 0 saturated heterocycles. The number of imidazole rings is 1. The number of nitrogens with zero attached hydrogens (tertiary/aromatic N) is 2. The van der Waals surface area contributed by atoms with Gasteiger partial charge in [0.05, 0.1) is 47.5 Å². The number of benzene rings is 1. The number of H-pyrrole nitrogens is 1. The number of ether oxygens (including phenoxy) is 3. The zero-order valence-electron chi connectivity index (χ0n) is 14.8. The lowest BCUT2D eigenvalue weighted by Gasteiger charge is -2.09. The molecule has 1 N–H and O–H groups in total. The van der Waals surface area contributed by atoms with Crippen molar-refractivity contribution in [3.63, 3.8) is 0 Å². The lowest BCUT2D eigenvalue weighted by Crippen LogP contribution is -2.03. The van der Waals surface area contributed by atoms with Gasteiger partial charge in [-0.25, -0.2) is 4.98 Å². The Labute approximate surface area is 156 Å². The minimum Gasteiger partial charge on any atom is -0.496 e. The summed E-state index contributed by atoms with van der Waals surface area (Å²) in [5.74, 6) is 0.746. The highest BCUT2D eigenvalue weighted by molar-refractivity contribution is 7.84. The summed E-state index contributed by atoms with van der Waals surface area (Å²) in [6.07, 6.45) is 1.64. The molecule has 3 rings (SSSR count). The first kappa shape index (κ1) is 19.0. The quantitative estimate of drug-likeness (QED) is 0.659. The average molecular weight is 397 g/mol. The maximum absolute atomic E-state index is 12.6. The van der Waals surface area contributed by atoms with Gasteiger partial charge >= 0.3 is 6.61 Å². The zero-order valence-corrected chi connectivity index (χ0v) is 15.6. The van der Waals surface area contributed by atoms with Crippen molar-refractivity contribution in [1.29, 1.82) is 0 Å². The molecule has 0 fully saturated rings. The zero-order chi connectivity index (χ0) is 19.6. The third-order valence-electron chi connectivity index (χ3n) is 3.79. The van der Waals surface area contributed by atoms with Gasteiger partial charge in [-0.15, -0.1) is 0 Å². The number of aryl methyl sites for hydroxylation is 1. The van der Waals surface area contributed by atoms with Crippen LogP contribution in [-0.4, -0.2) is 40.0 Å². The number of hydrogen-bond acceptors (Lipinski definition) is 6. The van der Waals surface area contributed by atoms with Crippen molar-refractivity contribution in [3.05, 3.63) is 35.7 Å². The molecule has 7 nitrogen and oxygen atoms in total. The Kier molecular flexibility index (Phi) is 5.54. The van der Waals surface area contributed by atoms with E-state index in [0.717, 1.165) is 5.56 Å². The first-order valence-corrected chi connectivity index (χ1v) is 9.13. The molecule has 0 aliphatic heterocycles. The first-order chi connectivity index (χ1) is 12.9. The lowest BCUT2D eigenvalue weighted by molar-refractivity contribution is -0.0511. The molecule has 3 aromatic rings. The molecule has 27 heavy (non-hydrogen) atoms. The van der Waals surface area contributed by atoms with Crippen molar-refractivity contribution < 1.29 is 27.2 Å². The van der Waals surface area contributed by atoms with Gasteiger partial charge in [-0.3, -0.25) is 9.19 Å². The SMILES string of the molecule is COc1cc(CS(=O)c2nc3cc(OC)c(OC(F)F)cc3[nH]2)ncc1C. The summed E-state index contributed by atoms with van der Waals surface area (Å²) < 4.78 is 52.4. The van der Waals surface area contributed by atoms with Crippen LogP contribution in [0.1, 0.15) is 11.3 Å². The minimum atomic E-state index is -2.99. The van der Waals surface area contributed by atoms with E-state index in [1.165, 1.54) is 19.2 Å². The molecule has 144 valence electrons. The first-order valence-electron chi connectivity index (χ1n) is 7.81. The van der Waals surface area contributed by atoms with E-state index in [1.807, 2.05) is 6.92 Å². The lowest BCUT2D eigenvalue weighted by atomic mass is 10.2. The van der Waals surface area contributed by atoms with Crippen LogP contribution in [0.2, 0.25) is 0 Å². The van der Waals surface area contributed by atoms with Crippen LogP contribution in [0.4, 0.5) is 8.78 Å². The van der Waals surface area contributed by atoms with Gasteiger partial charge in [-0.05, 0) is 6.92 Å². The molecule has 0 aliphatic carbocycles. The number of hydrogen-bond donors (Lipinski definition) is 1. The number of aromatic nitrogens is 3. The summed E-state index contributed by atoms with van der Waals surface area (Å²) in [5.41, 5.74) is 2.28. The second-order valence-electron chi connectivity index (χ2n) is 5.58. The van der Waals surface area contributed by atoms with Crippen molar-refractivity contribution in [1.82, 2.24) is 15.0 Å².